The molecule has 3 aromatic rings. The van der Waals surface area contributed by atoms with E-state index in [1.54, 1.807) is 31.4 Å². The summed E-state index contributed by atoms with van der Waals surface area (Å²) in [6, 6.07) is 14.6. The molecule has 5 nitrogen and oxygen atoms in total. The molecular weight excluding hydrogens is 292 g/mol. The molecule has 1 amide bonds. The number of carbonyl (C=O) groups is 1. The summed E-state index contributed by atoms with van der Waals surface area (Å²) < 4.78 is 10.9. The third kappa shape index (κ3) is 3.08. The van der Waals surface area contributed by atoms with Crippen molar-refractivity contribution in [1.29, 1.82) is 0 Å². The first-order valence-corrected chi connectivity index (χ1v) is 7.10. The number of methoxy groups -OCH3 is 1. The molecule has 116 valence electrons. The molecule has 0 radical (unpaired) electrons. The maximum absolute atomic E-state index is 11.7. The van der Waals surface area contributed by atoms with Gasteiger partial charge in [0.1, 0.15) is 16.9 Å². The molecule has 0 aliphatic carbocycles. The van der Waals surface area contributed by atoms with E-state index in [1.165, 1.54) is 0 Å². The fraction of sp³-hybridized carbons (Fsp3) is 0.111. The van der Waals surface area contributed by atoms with Gasteiger partial charge >= 0.3 is 0 Å². The Kier molecular flexibility index (Phi) is 3.85. The van der Waals surface area contributed by atoms with Crippen molar-refractivity contribution in [2.45, 2.75) is 6.92 Å². The Morgan fingerprint density at radius 2 is 1.87 bits per heavy atom. The largest absolute Gasteiger partial charge is 0.497 e. The summed E-state index contributed by atoms with van der Waals surface area (Å²) in [4.78, 5) is 16.1. The molecular formula is C18H16N2O3. The van der Waals surface area contributed by atoms with Gasteiger partial charge in [-0.25, -0.2) is 4.99 Å². The molecule has 23 heavy (non-hydrogen) atoms. The Morgan fingerprint density at radius 3 is 2.52 bits per heavy atom. The van der Waals surface area contributed by atoms with Gasteiger partial charge in [0.05, 0.1) is 12.8 Å². The van der Waals surface area contributed by atoms with Crippen LogP contribution in [0.25, 0.3) is 11.0 Å². The van der Waals surface area contributed by atoms with Gasteiger partial charge in [-0.05, 0) is 43.3 Å². The second-order valence-electron chi connectivity index (χ2n) is 5.18. The van der Waals surface area contributed by atoms with Crippen molar-refractivity contribution >= 4 is 22.6 Å². The summed E-state index contributed by atoms with van der Waals surface area (Å²) >= 11 is 0. The van der Waals surface area contributed by atoms with E-state index in [0.717, 1.165) is 10.9 Å². The normalized spacial score (nSPS) is 11.7. The second kappa shape index (κ2) is 5.96. The van der Waals surface area contributed by atoms with Crippen LogP contribution in [0, 0.1) is 6.92 Å². The quantitative estimate of drug-likeness (QED) is 0.807. The Bertz CT molecular complexity index is 941. The van der Waals surface area contributed by atoms with Crippen molar-refractivity contribution in [2.24, 2.45) is 10.7 Å². The molecule has 0 saturated heterocycles. The van der Waals surface area contributed by atoms with Gasteiger partial charge < -0.3 is 14.9 Å². The number of nitrogens with two attached hydrogens (primary N) is 1. The van der Waals surface area contributed by atoms with Crippen molar-refractivity contribution in [3.05, 3.63) is 65.2 Å². The number of hydrogen-bond donors (Lipinski definition) is 1. The zero-order valence-electron chi connectivity index (χ0n) is 12.9. The highest BCUT2D eigenvalue weighted by molar-refractivity contribution is 5.95. The second-order valence-corrected chi connectivity index (χ2v) is 5.18. The predicted octanol–water partition coefficient (Wildman–Crippen LogP) is 3.08. The lowest BCUT2D eigenvalue weighted by atomic mass is 10.1. The fourth-order valence-electron chi connectivity index (χ4n) is 2.23. The number of nitrogens with zero attached hydrogens (tertiary/aromatic N) is 1. The lowest BCUT2D eigenvalue weighted by molar-refractivity contribution is 0.0996. The van der Waals surface area contributed by atoms with Crippen LogP contribution < -0.4 is 16.0 Å². The molecule has 1 aromatic heterocycles. The van der Waals surface area contributed by atoms with Gasteiger partial charge in [0.2, 0.25) is 5.55 Å². The Balaban J connectivity index is 2.24. The van der Waals surface area contributed by atoms with Gasteiger partial charge in [-0.1, -0.05) is 17.7 Å². The number of ether oxygens (including phenoxy) is 1. The first-order valence-electron chi connectivity index (χ1n) is 7.10. The number of hydrogen-bond acceptors (Lipinski definition) is 4. The van der Waals surface area contributed by atoms with E-state index in [9.17, 15) is 4.79 Å². The Hall–Kier alpha value is -3.08. The van der Waals surface area contributed by atoms with Crippen molar-refractivity contribution < 1.29 is 13.9 Å². The Morgan fingerprint density at radius 1 is 1.13 bits per heavy atom. The zero-order chi connectivity index (χ0) is 16.4. The number of rotatable bonds is 3. The summed E-state index contributed by atoms with van der Waals surface area (Å²) in [5, 5.41) is 0.723. The van der Waals surface area contributed by atoms with Crippen LogP contribution in [-0.2, 0) is 0 Å². The standard InChI is InChI=1S/C18H16N2O3/c1-11-3-5-13(6-4-11)20-18-15(17(19)21)10-12-9-14(22-2)7-8-16(12)23-18/h3-10H,1-2H3,(H2,19,21). The summed E-state index contributed by atoms with van der Waals surface area (Å²) in [5.41, 5.74) is 8.30. The van der Waals surface area contributed by atoms with Crippen molar-refractivity contribution in [2.75, 3.05) is 7.11 Å². The maximum atomic E-state index is 11.7. The van der Waals surface area contributed by atoms with Gasteiger partial charge in [-0.2, -0.15) is 0 Å². The molecule has 0 fully saturated rings. The minimum atomic E-state index is -0.593. The smallest absolute Gasteiger partial charge is 0.254 e. The predicted molar refractivity (Wildman–Crippen MR) is 87.7 cm³/mol. The highest BCUT2D eigenvalue weighted by Crippen LogP contribution is 2.21. The van der Waals surface area contributed by atoms with Crippen LogP contribution in [0.2, 0.25) is 0 Å². The van der Waals surface area contributed by atoms with E-state index in [0.29, 0.717) is 17.0 Å². The summed E-state index contributed by atoms with van der Waals surface area (Å²) in [5.74, 6) is 0.0793. The molecule has 0 atom stereocenters. The van der Waals surface area contributed by atoms with E-state index in [2.05, 4.69) is 4.99 Å². The average Bonchev–Trinajstić information content (AvgIpc) is 2.55. The third-order valence-electron chi connectivity index (χ3n) is 3.48. The van der Waals surface area contributed by atoms with E-state index in [-0.39, 0.29) is 11.1 Å². The number of amides is 1. The molecule has 2 N–H and O–H groups in total. The minimum Gasteiger partial charge on any atom is -0.497 e. The fourth-order valence-corrected chi connectivity index (χ4v) is 2.23. The SMILES string of the molecule is COc1ccc2oc(=Nc3ccc(C)cc3)c(C(N)=O)cc2c1. The lowest BCUT2D eigenvalue weighted by Crippen LogP contribution is -2.21. The molecule has 0 bridgehead atoms. The third-order valence-corrected chi connectivity index (χ3v) is 3.48. The summed E-state index contributed by atoms with van der Waals surface area (Å²) in [6.45, 7) is 1.99. The minimum absolute atomic E-state index is 0.194. The van der Waals surface area contributed by atoms with Gasteiger partial charge in [0, 0.05) is 5.39 Å². The highest BCUT2D eigenvalue weighted by atomic mass is 16.5. The molecule has 5 heteroatoms. The van der Waals surface area contributed by atoms with Crippen molar-refractivity contribution in [3.63, 3.8) is 0 Å². The number of benzene rings is 2. The highest BCUT2D eigenvalue weighted by Gasteiger charge is 2.10. The first-order chi connectivity index (χ1) is 11.1. The zero-order valence-corrected chi connectivity index (χ0v) is 12.9. The van der Waals surface area contributed by atoms with Crippen molar-refractivity contribution in [3.8, 4) is 5.75 Å². The van der Waals surface area contributed by atoms with Crippen LogP contribution in [0.15, 0.2) is 57.9 Å². The number of aryl methyl sites for hydroxylation is 1. The van der Waals surface area contributed by atoms with Gasteiger partial charge in [0.25, 0.3) is 5.91 Å². The molecule has 0 saturated carbocycles. The monoisotopic (exact) mass is 308 g/mol. The van der Waals surface area contributed by atoms with Crippen LogP contribution >= 0.6 is 0 Å². The molecule has 1 heterocycles. The van der Waals surface area contributed by atoms with Crippen LogP contribution in [0.1, 0.15) is 15.9 Å². The van der Waals surface area contributed by atoms with Gasteiger partial charge in [-0.15, -0.1) is 0 Å². The van der Waals surface area contributed by atoms with E-state index < -0.39 is 5.91 Å². The maximum Gasteiger partial charge on any atom is 0.254 e. The van der Waals surface area contributed by atoms with Crippen LogP contribution in [0.4, 0.5) is 5.69 Å². The van der Waals surface area contributed by atoms with E-state index >= 15 is 0 Å². The summed E-state index contributed by atoms with van der Waals surface area (Å²) in [7, 11) is 1.58. The summed E-state index contributed by atoms with van der Waals surface area (Å²) in [6.07, 6.45) is 0. The molecule has 0 aliphatic rings. The molecule has 0 spiro atoms. The van der Waals surface area contributed by atoms with E-state index in [1.807, 2.05) is 31.2 Å². The molecule has 0 aliphatic heterocycles. The number of fused-ring (bicyclic) bond motifs is 1. The molecule has 0 unspecified atom stereocenters. The Labute approximate surface area is 133 Å². The molecule has 3 rings (SSSR count). The van der Waals surface area contributed by atoms with Crippen LogP contribution in [0.3, 0.4) is 0 Å². The lowest BCUT2D eigenvalue weighted by Gasteiger charge is -2.04. The van der Waals surface area contributed by atoms with Crippen LogP contribution in [0.5, 0.6) is 5.75 Å². The number of carbonyl (C=O) groups excluding carboxylic acids is 1. The van der Waals surface area contributed by atoms with Gasteiger partial charge in [-0.3, -0.25) is 4.79 Å². The van der Waals surface area contributed by atoms with Crippen molar-refractivity contribution in [1.82, 2.24) is 0 Å². The van der Waals surface area contributed by atoms with E-state index in [4.69, 9.17) is 14.9 Å². The van der Waals surface area contributed by atoms with Crippen LogP contribution in [-0.4, -0.2) is 13.0 Å². The first kappa shape index (κ1) is 14.8. The van der Waals surface area contributed by atoms with Gasteiger partial charge in [0.15, 0.2) is 0 Å². The molecule has 2 aromatic carbocycles. The topological polar surface area (TPSA) is 77.8 Å². The number of primary amides is 1. The average molecular weight is 308 g/mol.